The average molecular weight is 345 g/mol. The van der Waals surface area contributed by atoms with E-state index in [1.807, 2.05) is 6.92 Å². The minimum Gasteiger partial charge on any atom is -0.393 e. The van der Waals surface area contributed by atoms with Gasteiger partial charge in [0.1, 0.15) is 0 Å². The van der Waals surface area contributed by atoms with Gasteiger partial charge in [-0.1, -0.05) is 43.7 Å². The third-order valence-corrected chi connectivity index (χ3v) is 7.62. The Labute approximate surface area is 153 Å². The van der Waals surface area contributed by atoms with Crippen molar-refractivity contribution in [2.45, 2.75) is 84.3 Å². The van der Waals surface area contributed by atoms with Crippen LogP contribution in [0.25, 0.3) is 0 Å². The second-order valence-corrected chi connectivity index (χ2v) is 9.13. The fraction of sp³-hybridized carbons (Fsp3) is 0.739. The summed E-state index contributed by atoms with van der Waals surface area (Å²) < 4.78 is 0. The molecule has 0 aromatic rings. The molecule has 3 fully saturated rings. The summed E-state index contributed by atoms with van der Waals surface area (Å²) in [5, 5.41) is 20.1. The van der Waals surface area contributed by atoms with Crippen LogP contribution >= 0.6 is 0 Å². The Hall–Kier alpha value is -0.860. The SMILES string of the molecule is C=C1CC[C@H](O)C/C1=C\C=C1/CCC[C@]2(C)[C@@H]([C@H](C)[C@H](C)O)CC[C@@H]12. The first kappa shape index (κ1) is 18.9. The summed E-state index contributed by atoms with van der Waals surface area (Å²) >= 11 is 0. The maximum atomic E-state index is 10.1. The molecule has 0 heterocycles. The number of aliphatic hydroxyl groups excluding tert-OH is 2. The molecule has 0 radical (unpaired) electrons. The molecule has 3 aliphatic carbocycles. The van der Waals surface area contributed by atoms with Crippen LogP contribution in [0, 0.1) is 23.2 Å². The highest BCUT2D eigenvalue weighted by molar-refractivity contribution is 5.36. The largest absolute Gasteiger partial charge is 0.393 e. The van der Waals surface area contributed by atoms with Gasteiger partial charge < -0.3 is 10.2 Å². The number of rotatable bonds is 3. The Bertz CT molecular complexity index is 571. The second-order valence-electron chi connectivity index (χ2n) is 9.13. The van der Waals surface area contributed by atoms with Crippen molar-refractivity contribution < 1.29 is 10.2 Å². The molecule has 3 rings (SSSR count). The first-order valence-corrected chi connectivity index (χ1v) is 10.3. The van der Waals surface area contributed by atoms with Crippen LogP contribution in [0.15, 0.2) is 35.5 Å². The number of fused-ring (bicyclic) bond motifs is 1. The van der Waals surface area contributed by atoms with Crippen molar-refractivity contribution in [1.29, 1.82) is 0 Å². The van der Waals surface area contributed by atoms with Crippen LogP contribution in [-0.2, 0) is 0 Å². The van der Waals surface area contributed by atoms with E-state index < -0.39 is 0 Å². The van der Waals surface area contributed by atoms with E-state index >= 15 is 0 Å². The van der Waals surface area contributed by atoms with Crippen molar-refractivity contribution in [3.05, 3.63) is 35.5 Å². The third-order valence-electron chi connectivity index (χ3n) is 7.62. The van der Waals surface area contributed by atoms with Crippen LogP contribution in [0.3, 0.4) is 0 Å². The van der Waals surface area contributed by atoms with Gasteiger partial charge in [-0.15, -0.1) is 0 Å². The van der Waals surface area contributed by atoms with E-state index in [1.165, 1.54) is 43.3 Å². The van der Waals surface area contributed by atoms with Crippen LogP contribution in [0.5, 0.6) is 0 Å². The molecule has 0 amide bonds. The molecule has 0 spiro atoms. The summed E-state index contributed by atoms with van der Waals surface area (Å²) in [4.78, 5) is 0. The quantitative estimate of drug-likeness (QED) is 0.741. The van der Waals surface area contributed by atoms with E-state index in [2.05, 4.69) is 32.6 Å². The normalized spacial score (nSPS) is 41.8. The van der Waals surface area contributed by atoms with Crippen LogP contribution in [0.2, 0.25) is 0 Å². The molecule has 2 heteroatoms. The predicted octanol–water partition coefficient (Wildman–Crippen LogP) is 5.17. The number of allylic oxidation sites excluding steroid dienone is 4. The van der Waals surface area contributed by atoms with Gasteiger partial charge in [-0.2, -0.15) is 0 Å². The summed E-state index contributed by atoms with van der Waals surface area (Å²) in [5.74, 6) is 1.66. The standard InChI is InChI=1S/C23H36O2/c1-15-7-10-20(25)14-19(15)9-8-18-6-5-13-23(4)21(11-12-22(18)23)16(2)17(3)24/h8-9,16-17,20-22,24-25H,1,5-7,10-14H2,2-4H3/b18-8+,19-9+/t16-,17+,20+,21-,22+,23-/m1/s1. The molecule has 3 aliphatic rings. The van der Waals surface area contributed by atoms with Gasteiger partial charge in [0.2, 0.25) is 0 Å². The molecule has 0 saturated heterocycles. The Balaban J connectivity index is 1.81. The Kier molecular flexibility index (Phi) is 5.60. The second kappa shape index (κ2) is 7.40. The van der Waals surface area contributed by atoms with E-state index in [9.17, 15) is 10.2 Å². The molecule has 0 aromatic heterocycles. The van der Waals surface area contributed by atoms with Gasteiger partial charge in [0, 0.05) is 0 Å². The minimum atomic E-state index is -0.218. The van der Waals surface area contributed by atoms with Gasteiger partial charge in [-0.05, 0) is 87.0 Å². The van der Waals surface area contributed by atoms with Crippen molar-refractivity contribution >= 4 is 0 Å². The van der Waals surface area contributed by atoms with Crippen LogP contribution in [-0.4, -0.2) is 22.4 Å². The lowest BCUT2D eigenvalue weighted by atomic mass is 9.60. The van der Waals surface area contributed by atoms with Crippen molar-refractivity contribution in [2.75, 3.05) is 0 Å². The van der Waals surface area contributed by atoms with Gasteiger partial charge >= 0.3 is 0 Å². The zero-order chi connectivity index (χ0) is 18.2. The van der Waals surface area contributed by atoms with Crippen molar-refractivity contribution in [2.24, 2.45) is 23.2 Å². The van der Waals surface area contributed by atoms with Crippen molar-refractivity contribution in [1.82, 2.24) is 0 Å². The molecule has 0 unspecified atom stereocenters. The Morgan fingerprint density at radius 2 is 1.92 bits per heavy atom. The lowest BCUT2D eigenvalue weighted by molar-refractivity contribution is 0.0298. The summed E-state index contributed by atoms with van der Waals surface area (Å²) in [6, 6.07) is 0. The van der Waals surface area contributed by atoms with E-state index in [1.54, 1.807) is 5.57 Å². The smallest absolute Gasteiger partial charge is 0.0583 e. The maximum absolute atomic E-state index is 10.1. The van der Waals surface area contributed by atoms with E-state index in [0.717, 1.165) is 19.3 Å². The Morgan fingerprint density at radius 3 is 2.64 bits per heavy atom. The number of hydrogen-bond donors (Lipinski definition) is 2. The van der Waals surface area contributed by atoms with Crippen molar-refractivity contribution in [3.63, 3.8) is 0 Å². The first-order chi connectivity index (χ1) is 11.8. The molecule has 3 saturated carbocycles. The zero-order valence-corrected chi connectivity index (χ0v) is 16.3. The number of hydrogen-bond acceptors (Lipinski definition) is 2. The maximum Gasteiger partial charge on any atom is 0.0583 e. The van der Waals surface area contributed by atoms with Gasteiger partial charge in [0.15, 0.2) is 0 Å². The predicted molar refractivity (Wildman–Crippen MR) is 104 cm³/mol. The molecular weight excluding hydrogens is 308 g/mol. The lowest BCUT2D eigenvalue weighted by Crippen LogP contribution is -2.38. The highest BCUT2D eigenvalue weighted by atomic mass is 16.3. The summed E-state index contributed by atoms with van der Waals surface area (Å²) in [5.41, 5.74) is 4.37. The first-order valence-electron chi connectivity index (χ1n) is 10.3. The molecule has 0 aliphatic heterocycles. The molecule has 2 nitrogen and oxygen atoms in total. The molecule has 6 atom stereocenters. The van der Waals surface area contributed by atoms with Crippen LogP contribution < -0.4 is 0 Å². The molecule has 2 N–H and O–H groups in total. The van der Waals surface area contributed by atoms with E-state index in [-0.39, 0.29) is 12.2 Å². The minimum absolute atomic E-state index is 0.200. The molecule has 0 aromatic carbocycles. The Morgan fingerprint density at radius 1 is 1.16 bits per heavy atom. The van der Waals surface area contributed by atoms with Crippen molar-refractivity contribution in [3.8, 4) is 0 Å². The molecule has 140 valence electrons. The van der Waals surface area contributed by atoms with E-state index in [0.29, 0.717) is 23.2 Å². The lowest BCUT2D eigenvalue weighted by Gasteiger charge is -2.45. The number of aliphatic hydroxyl groups is 2. The van der Waals surface area contributed by atoms with Gasteiger partial charge in [-0.25, -0.2) is 0 Å². The van der Waals surface area contributed by atoms with Gasteiger partial charge in [0.25, 0.3) is 0 Å². The topological polar surface area (TPSA) is 40.5 Å². The summed E-state index contributed by atoms with van der Waals surface area (Å²) in [6.45, 7) is 10.8. The van der Waals surface area contributed by atoms with E-state index in [4.69, 9.17) is 0 Å². The van der Waals surface area contributed by atoms with Gasteiger partial charge in [0.05, 0.1) is 12.2 Å². The van der Waals surface area contributed by atoms with Crippen LogP contribution in [0.4, 0.5) is 0 Å². The highest BCUT2D eigenvalue weighted by Gasteiger charge is 2.51. The third kappa shape index (κ3) is 3.66. The molecule has 25 heavy (non-hydrogen) atoms. The fourth-order valence-electron chi connectivity index (χ4n) is 5.87. The zero-order valence-electron chi connectivity index (χ0n) is 16.3. The highest BCUT2D eigenvalue weighted by Crippen LogP contribution is 2.59. The monoisotopic (exact) mass is 344 g/mol. The molecular formula is C23H36O2. The average Bonchev–Trinajstić information content (AvgIpc) is 2.92. The summed E-state index contributed by atoms with van der Waals surface area (Å²) in [7, 11) is 0. The van der Waals surface area contributed by atoms with Crippen LogP contribution in [0.1, 0.15) is 72.1 Å². The van der Waals surface area contributed by atoms with Gasteiger partial charge in [-0.3, -0.25) is 0 Å². The molecule has 0 bridgehead atoms. The summed E-state index contributed by atoms with van der Waals surface area (Å²) in [6.07, 6.45) is 13.0. The fourth-order valence-corrected chi connectivity index (χ4v) is 5.87.